The minimum Gasteiger partial charge on any atom is -0.443 e. The maximum Gasteiger partial charge on any atom is 0.419 e. The van der Waals surface area contributed by atoms with Gasteiger partial charge in [0.1, 0.15) is 23.7 Å². The minimum absolute atomic E-state index is 0.0223. The second-order valence-corrected chi connectivity index (χ2v) is 11.4. The van der Waals surface area contributed by atoms with E-state index in [0.717, 1.165) is 5.56 Å². The number of fused-ring (bicyclic) bond motifs is 1. The summed E-state index contributed by atoms with van der Waals surface area (Å²) in [5.74, 6) is -0.569. The van der Waals surface area contributed by atoms with Crippen LogP contribution in [0, 0.1) is 0 Å². The number of carbonyl (C=O) groups excluding carboxylic acids is 3. The Kier molecular flexibility index (Phi) is 9.17. The molecule has 0 bridgehead atoms. The van der Waals surface area contributed by atoms with Gasteiger partial charge in [-0.2, -0.15) is 0 Å². The lowest BCUT2D eigenvalue weighted by Gasteiger charge is -2.21. The Bertz CT molecular complexity index is 1890. The van der Waals surface area contributed by atoms with Gasteiger partial charge in [0.05, 0.1) is 18.3 Å². The highest BCUT2D eigenvalue weighted by Gasteiger charge is 2.23. The Morgan fingerprint density at radius 1 is 0.911 bits per heavy atom. The number of hydrogen-bond acceptors (Lipinski definition) is 7. The molecule has 2 aromatic carbocycles. The first kappa shape index (κ1) is 30.9. The fourth-order valence-corrected chi connectivity index (χ4v) is 4.81. The minimum atomic E-state index is -0.731. The lowest BCUT2D eigenvalue weighted by Crippen LogP contribution is -2.35. The molecular weight excluding hydrogens is 572 g/mol. The van der Waals surface area contributed by atoms with Crippen molar-refractivity contribution in [3.63, 3.8) is 0 Å². The van der Waals surface area contributed by atoms with Gasteiger partial charge in [0, 0.05) is 35.5 Å². The van der Waals surface area contributed by atoms with Gasteiger partial charge >= 0.3 is 6.09 Å². The van der Waals surface area contributed by atoms with Crippen LogP contribution in [0.25, 0.3) is 22.3 Å². The summed E-state index contributed by atoms with van der Waals surface area (Å²) >= 11 is 0. The molecule has 0 aliphatic rings. The number of nitrogens with zero attached hydrogens (tertiary/aromatic N) is 4. The third-order valence-corrected chi connectivity index (χ3v) is 6.86. The van der Waals surface area contributed by atoms with Crippen LogP contribution in [0.4, 0.5) is 10.5 Å². The van der Waals surface area contributed by atoms with Crippen molar-refractivity contribution in [1.29, 1.82) is 0 Å². The van der Waals surface area contributed by atoms with E-state index < -0.39 is 23.2 Å². The smallest absolute Gasteiger partial charge is 0.419 e. The molecule has 0 aliphatic heterocycles. The van der Waals surface area contributed by atoms with E-state index in [4.69, 9.17) is 4.74 Å². The van der Waals surface area contributed by atoms with Gasteiger partial charge in [0.2, 0.25) is 11.8 Å². The molecule has 0 unspecified atom stereocenters. The van der Waals surface area contributed by atoms with E-state index in [1.165, 1.54) is 15.3 Å². The molecule has 45 heavy (non-hydrogen) atoms. The molecule has 5 rings (SSSR count). The molecule has 0 radical (unpaired) electrons. The number of carbonyl (C=O) groups is 3. The van der Waals surface area contributed by atoms with Crippen LogP contribution in [0.3, 0.4) is 0 Å². The Labute approximate surface area is 259 Å². The van der Waals surface area contributed by atoms with Gasteiger partial charge in [-0.1, -0.05) is 60.7 Å². The van der Waals surface area contributed by atoms with Gasteiger partial charge in [-0.05, 0) is 44.9 Å². The van der Waals surface area contributed by atoms with E-state index in [2.05, 4.69) is 20.6 Å². The van der Waals surface area contributed by atoms with Crippen LogP contribution < -0.4 is 16.2 Å². The third kappa shape index (κ3) is 7.69. The predicted molar refractivity (Wildman–Crippen MR) is 171 cm³/mol. The lowest BCUT2D eigenvalue weighted by molar-refractivity contribution is -0.122. The fourth-order valence-electron chi connectivity index (χ4n) is 4.81. The summed E-state index contributed by atoms with van der Waals surface area (Å²) in [6.45, 7) is 4.92. The molecule has 0 aliphatic carbocycles. The summed E-state index contributed by atoms with van der Waals surface area (Å²) in [6.07, 6.45) is 4.60. The molecule has 3 heterocycles. The van der Waals surface area contributed by atoms with Crippen molar-refractivity contribution in [3.8, 4) is 11.4 Å². The highest BCUT2D eigenvalue weighted by molar-refractivity contribution is 5.91. The van der Waals surface area contributed by atoms with Crippen LogP contribution in [0.2, 0.25) is 0 Å². The second kappa shape index (κ2) is 13.4. The van der Waals surface area contributed by atoms with Crippen LogP contribution in [-0.2, 0) is 33.8 Å². The second-order valence-electron chi connectivity index (χ2n) is 11.4. The Morgan fingerprint density at radius 2 is 1.62 bits per heavy atom. The standard InChI is InChI=1S/C34H34N6O5/c1-34(2,3)45-33(44)40-26(18-25-19-35-17-16-28(25)40)20-36-30(42)22-39-31(24-12-8-5-9-13-24)37-21-27(32(39)43)38-29(41)15-14-23-10-6-4-7-11-23/h4-13,16-19,21H,14-15,20,22H2,1-3H3,(H,36,42)(H,38,41). The van der Waals surface area contributed by atoms with Gasteiger partial charge in [-0.25, -0.2) is 14.3 Å². The number of pyridine rings is 1. The molecule has 0 saturated carbocycles. The summed E-state index contributed by atoms with van der Waals surface area (Å²) in [5.41, 5.74) is 1.37. The first-order valence-electron chi connectivity index (χ1n) is 14.5. The normalized spacial score (nSPS) is 11.3. The topological polar surface area (TPSA) is 137 Å². The van der Waals surface area contributed by atoms with Gasteiger partial charge in [0.15, 0.2) is 0 Å². The van der Waals surface area contributed by atoms with Crippen molar-refractivity contribution < 1.29 is 19.1 Å². The molecule has 5 aromatic rings. The van der Waals surface area contributed by atoms with E-state index in [9.17, 15) is 19.2 Å². The largest absolute Gasteiger partial charge is 0.443 e. The van der Waals surface area contributed by atoms with Crippen molar-refractivity contribution >= 4 is 34.5 Å². The summed E-state index contributed by atoms with van der Waals surface area (Å²) < 4.78 is 8.23. The number of anilines is 1. The maximum atomic E-state index is 13.6. The predicted octanol–water partition coefficient (Wildman–Crippen LogP) is 4.93. The van der Waals surface area contributed by atoms with E-state index in [0.29, 0.717) is 28.6 Å². The Morgan fingerprint density at radius 3 is 2.33 bits per heavy atom. The molecule has 0 spiro atoms. The number of aryl methyl sites for hydroxylation is 1. The van der Waals surface area contributed by atoms with E-state index in [1.807, 2.05) is 36.4 Å². The summed E-state index contributed by atoms with van der Waals surface area (Å²) in [7, 11) is 0. The van der Waals surface area contributed by atoms with Crippen molar-refractivity contribution in [2.24, 2.45) is 0 Å². The molecule has 0 fully saturated rings. The number of benzene rings is 2. The Hall–Kier alpha value is -5.58. The zero-order valence-electron chi connectivity index (χ0n) is 25.3. The quantitative estimate of drug-likeness (QED) is 0.243. The molecule has 230 valence electrons. The third-order valence-electron chi connectivity index (χ3n) is 6.86. The molecule has 2 N–H and O–H groups in total. The van der Waals surface area contributed by atoms with Crippen molar-refractivity contribution in [3.05, 3.63) is 113 Å². The molecule has 0 atom stereocenters. The van der Waals surface area contributed by atoms with Crippen LogP contribution in [0.15, 0.2) is 96.2 Å². The van der Waals surface area contributed by atoms with Gasteiger partial charge in [0.25, 0.3) is 5.56 Å². The molecular formula is C34H34N6O5. The number of amides is 2. The zero-order chi connectivity index (χ0) is 32.0. The molecule has 3 aromatic heterocycles. The summed E-state index contributed by atoms with van der Waals surface area (Å²) in [4.78, 5) is 61.4. The average molecular weight is 607 g/mol. The zero-order valence-corrected chi connectivity index (χ0v) is 25.3. The fraction of sp³-hybridized carbons (Fsp3) is 0.235. The molecule has 11 nitrogen and oxygen atoms in total. The number of hydrogen-bond donors (Lipinski definition) is 2. The molecule has 11 heteroatoms. The lowest BCUT2D eigenvalue weighted by atomic mass is 10.1. The van der Waals surface area contributed by atoms with Crippen molar-refractivity contribution in [2.45, 2.75) is 52.3 Å². The molecule has 2 amide bonds. The number of aromatic nitrogens is 4. The average Bonchev–Trinajstić information content (AvgIpc) is 3.40. The highest BCUT2D eigenvalue weighted by Crippen LogP contribution is 2.22. The van der Waals surface area contributed by atoms with Crippen LogP contribution in [-0.4, -0.2) is 42.6 Å². The first-order chi connectivity index (χ1) is 21.6. The van der Waals surface area contributed by atoms with Gasteiger partial charge in [-0.3, -0.25) is 23.9 Å². The number of nitrogens with one attached hydrogen (secondary N) is 2. The van der Waals surface area contributed by atoms with Crippen LogP contribution in [0.5, 0.6) is 0 Å². The Balaban J connectivity index is 1.37. The van der Waals surface area contributed by atoms with Gasteiger partial charge in [-0.15, -0.1) is 0 Å². The van der Waals surface area contributed by atoms with E-state index >= 15 is 0 Å². The van der Waals surface area contributed by atoms with E-state index in [1.54, 1.807) is 69.6 Å². The monoisotopic (exact) mass is 606 g/mol. The number of rotatable bonds is 9. The van der Waals surface area contributed by atoms with Crippen molar-refractivity contribution in [2.75, 3.05) is 5.32 Å². The summed E-state index contributed by atoms with van der Waals surface area (Å²) in [5, 5.41) is 6.17. The highest BCUT2D eigenvalue weighted by atomic mass is 16.6. The van der Waals surface area contributed by atoms with Crippen molar-refractivity contribution in [1.82, 2.24) is 24.4 Å². The van der Waals surface area contributed by atoms with Gasteiger partial charge < -0.3 is 15.4 Å². The maximum absolute atomic E-state index is 13.6. The summed E-state index contributed by atoms with van der Waals surface area (Å²) in [6, 6.07) is 22.0. The van der Waals surface area contributed by atoms with Crippen LogP contribution in [0.1, 0.15) is 38.4 Å². The number of ether oxygens (including phenoxy) is 1. The first-order valence-corrected chi connectivity index (χ1v) is 14.5. The van der Waals surface area contributed by atoms with Crippen LogP contribution >= 0.6 is 0 Å². The van der Waals surface area contributed by atoms with E-state index in [-0.39, 0.29) is 36.9 Å². The SMILES string of the molecule is CC(C)(C)OC(=O)n1c(CNC(=O)Cn2c(-c3ccccc3)ncc(NC(=O)CCc3ccccc3)c2=O)cc2cnccc21. The molecule has 0 saturated heterocycles.